The zero-order valence-corrected chi connectivity index (χ0v) is 33.8. The van der Waals surface area contributed by atoms with E-state index in [2.05, 4.69) is 77.3 Å². The van der Waals surface area contributed by atoms with E-state index in [1.165, 1.54) is 128 Å². The average molecular weight is 710 g/mol. The summed E-state index contributed by atoms with van der Waals surface area (Å²) in [5.74, 6) is 0. The lowest BCUT2D eigenvalue weighted by atomic mass is 10.1. The molecule has 0 spiro atoms. The van der Waals surface area contributed by atoms with Gasteiger partial charge in [0.25, 0.3) is 0 Å². The second-order valence-electron chi connectivity index (χ2n) is 14.4. The summed E-state index contributed by atoms with van der Waals surface area (Å²) in [6.45, 7) is 9.98. The molecule has 1 heterocycles. The van der Waals surface area contributed by atoms with Crippen LogP contribution in [0.4, 0.5) is 0 Å². The Hall–Kier alpha value is -1.95. The molecule has 0 fully saturated rings. The number of hydrogen-bond acceptors (Lipinski definition) is 4. The number of unbranched alkanes of at least 4 members (excludes halogenated alkanes) is 18. The molecule has 0 aliphatic carbocycles. The van der Waals surface area contributed by atoms with Crippen LogP contribution in [0.1, 0.15) is 181 Å². The van der Waals surface area contributed by atoms with Gasteiger partial charge in [-0.3, -0.25) is 0 Å². The molecular formula is C46H83N3O2. The Kier molecular flexibility index (Phi) is 37.7. The van der Waals surface area contributed by atoms with E-state index in [-0.39, 0.29) is 6.10 Å². The van der Waals surface area contributed by atoms with Gasteiger partial charge in [-0.2, -0.15) is 0 Å². The lowest BCUT2D eigenvalue weighted by Crippen LogP contribution is -2.27. The summed E-state index contributed by atoms with van der Waals surface area (Å²) in [6.07, 6.45) is 57.5. The molecule has 294 valence electrons. The monoisotopic (exact) mass is 710 g/mol. The average Bonchev–Trinajstić information content (AvgIpc) is 3.67. The van der Waals surface area contributed by atoms with Crippen LogP contribution in [0.3, 0.4) is 0 Å². The summed E-state index contributed by atoms with van der Waals surface area (Å²) in [5.41, 5.74) is 0. The highest BCUT2D eigenvalue weighted by Crippen LogP contribution is 2.11. The molecule has 0 radical (unpaired) electrons. The smallest absolute Gasteiger partial charge is 0.0945 e. The third kappa shape index (κ3) is 36.2. The number of ether oxygens (including phenoxy) is 2. The molecule has 1 unspecified atom stereocenters. The molecule has 0 saturated heterocycles. The largest absolute Gasteiger partial charge is 0.379 e. The molecule has 1 rings (SSSR count). The van der Waals surface area contributed by atoms with E-state index in [0.717, 1.165) is 78.0 Å². The first kappa shape index (κ1) is 47.1. The third-order valence-corrected chi connectivity index (χ3v) is 9.46. The maximum Gasteiger partial charge on any atom is 0.0945 e. The Bertz CT molecular complexity index is 908. The molecule has 5 nitrogen and oxygen atoms in total. The van der Waals surface area contributed by atoms with Gasteiger partial charge in [0.2, 0.25) is 0 Å². The van der Waals surface area contributed by atoms with E-state index in [4.69, 9.17) is 9.47 Å². The van der Waals surface area contributed by atoms with Gasteiger partial charge in [0.05, 0.1) is 19.0 Å². The van der Waals surface area contributed by atoms with E-state index in [0.29, 0.717) is 0 Å². The minimum absolute atomic E-state index is 0.189. The predicted molar refractivity (Wildman–Crippen MR) is 224 cm³/mol. The molecule has 0 bridgehead atoms. The zero-order valence-electron chi connectivity index (χ0n) is 33.8. The van der Waals surface area contributed by atoms with Crippen molar-refractivity contribution in [3.63, 3.8) is 0 Å². The van der Waals surface area contributed by atoms with Gasteiger partial charge >= 0.3 is 0 Å². The molecule has 1 N–H and O–H groups in total. The van der Waals surface area contributed by atoms with Gasteiger partial charge in [-0.25, -0.2) is 4.98 Å². The second-order valence-corrected chi connectivity index (χ2v) is 14.4. The van der Waals surface area contributed by atoms with Gasteiger partial charge < -0.3 is 19.4 Å². The van der Waals surface area contributed by atoms with Gasteiger partial charge in [-0.1, -0.05) is 140 Å². The number of nitrogens with zero attached hydrogens (tertiary/aromatic N) is 2. The highest BCUT2D eigenvalue weighted by molar-refractivity contribution is 4.93. The van der Waals surface area contributed by atoms with Crippen molar-refractivity contribution in [2.75, 3.05) is 32.9 Å². The topological polar surface area (TPSA) is 48.3 Å². The molecule has 0 aromatic carbocycles. The summed E-state index contributed by atoms with van der Waals surface area (Å²) < 4.78 is 14.6. The van der Waals surface area contributed by atoms with Crippen molar-refractivity contribution < 1.29 is 9.47 Å². The minimum atomic E-state index is 0.189. The first-order valence-electron chi connectivity index (χ1n) is 21.8. The molecule has 51 heavy (non-hydrogen) atoms. The molecule has 1 aromatic rings. The Morgan fingerprint density at radius 1 is 0.569 bits per heavy atom. The van der Waals surface area contributed by atoms with Crippen molar-refractivity contribution in [1.82, 2.24) is 14.9 Å². The SMILES string of the molecule is CCCCC/C=C/C/C=C/CCCCCCCCOCC(CCNCCCn1ccnc1)OCCCCCCCC/C=C/C/C=C/CCCCC. The van der Waals surface area contributed by atoms with E-state index >= 15 is 0 Å². The van der Waals surface area contributed by atoms with Crippen LogP contribution in [0.5, 0.6) is 0 Å². The van der Waals surface area contributed by atoms with E-state index in [1.807, 2.05) is 18.7 Å². The normalized spacial score (nSPS) is 12.9. The molecule has 0 aliphatic heterocycles. The highest BCUT2D eigenvalue weighted by Gasteiger charge is 2.09. The first-order chi connectivity index (χ1) is 25.4. The maximum absolute atomic E-state index is 6.36. The zero-order chi connectivity index (χ0) is 36.4. The van der Waals surface area contributed by atoms with Crippen molar-refractivity contribution in [2.24, 2.45) is 0 Å². The molecule has 0 amide bonds. The van der Waals surface area contributed by atoms with Crippen LogP contribution in [0.25, 0.3) is 0 Å². The molecule has 0 saturated carbocycles. The standard InChI is InChI=1S/C46H83N3O2/c1-3-5-7-9-11-13-15-17-19-21-23-25-27-29-31-33-42-50-44-46(36-38-47-37-35-40-49-41-39-48-45-49)51-43-34-32-30-28-26-24-22-20-18-16-14-12-10-8-6-4-2/h11-14,17-20,39,41,45-47H,3-10,15-16,21-38,40,42-44H2,1-2H3/b13-11+,14-12+,19-17+,20-18+. The van der Waals surface area contributed by atoms with Crippen molar-refractivity contribution in [3.8, 4) is 0 Å². The molecule has 0 aliphatic rings. The van der Waals surface area contributed by atoms with Gasteiger partial charge in [-0.05, 0) is 103 Å². The molecule has 1 aromatic heterocycles. The van der Waals surface area contributed by atoms with Crippen LogP contribution < -0.4 is 5.32 Å². The first-order valence-corrected chi connectivity index (χ1v) is 21.8. The quantitative estimate of drug-likeness (QED) is 0.0544. The Labute approximate surface area is 317 Å². The van der Waals surface area contributed by atoms with Gasteiger partial charge in [0, 0.05) is 32.2 Å². The summed E-state index contributed by atoms with van der Waals surface area (Å²) >= 11 is 0. The van der Waals surface area contributed by atoms with Gasteiger partial charge in [0.15, 0.2) is 0 Å². The van der Waals surface area contributed by atoms with Crippen molar-refractivity contribution in [2.45, 2.75) is 193 Å². The lowest BCUT2D eigenvalue weighted by molar-refractivity contribution is -0.0220. The second kappa shape index (κ2) is 40.8. The highest BCUT2D eigenvalue weighted by atomic mass is 16.5. The predicted octanol–water partition coefficient (Wildman–Crippen LogP) is 13.3. The Morgan fingerprint density at radius 2 is 1.08 bits per heavy atom. The van der Waals surface area contributed by atoms with Crippen LogP contribution in [0, 0.1) is 0 Å². The van der Waals surface area contributed by atoms with Crippen LogP contribution in [-0.2, 0) is 16.0 Å². The summed E-state index contributed by atoms with van der Waals surface area (Å²) in [5, 5.41) is 3.61. The van der Waals surface area contributed by atoms with Crippen molar-refractivity contribution >= 4 is 0 Å². The lowest BCUT2D eigenvalue weighted by Gasteiger charge is -2.19. The molecule has 1 atom stereocenters. The van der Waals surface area contributed by atoms with Gasteiger partial charge in [0.1, 0.15) is 0 Å². The summed E-state index contributed by atoms with van der Waals surface area (Å²) in [6, 6.07) is 0. The van der Waals surface area contributed by atoms with Crippen LogP contribution in [-0.4, -0.2) is 48.6 Å². The van der Waals surface area contributed by atoms with Crippen LogP contribution in [0.15, 0.2) is 67.3 Å². The third-order valence-electron chi connectivity index (χ3n) is 9.46. The van der Waals surface area contributed by atoms with E-state index < -0.39 is 0 Å². The number of aromatic nitrogens is 2. The molecule has 5 heteroatoms. The van der Waals surface area contributed by atoms with E-state index in [9.17, 15) is 0 Å². The van der Waals surface area contributed by atoms with E-state index in [1.54, 1.807) is 0 Å². The van der Waals surface area contributed by atoms with Gasteiger partial charge in [-0.15, -0.1) is 0 Å². The fraction of sp³-hybridized carbons (Fsp3) is 0.761. The summed E-state index contributed by atoms with van der Waals surface area (Å²) in [7, 11) is 0. The Morgan fingerprint density at radius 3 is 1.61 bits per heavy atom. The van der Waals surface area contributed by atoms with Crippen molar-refractivity contribution in [3.05, 3.63) is 67.3 Å². The fourth-order valence-electron chi connectivity index (χ4n) is 6.16. The van der Waals surface area contributed by atoms with Crippen LogP contribution >= 0.6 is 0 Å². The minimum Gasteiger partial charge on any atom is -0.379 e. The van der Waals surface area contributed by atoms with Crippen LogP contribution in [0.2, 0.25) is 0 Å². The number of allylic oxidation sites excluding steroid dienone is 8. The Balaban J connectivity index is 2.08. The number of imidazole rings is 1. The fourth-order valence-corrected chi connectivity index (χ4v) is 6.16. The number of nitrogens with one attached hydrogen (secondary N) is 1. The molecular weight excluding hydrogens is 627 g/mol. The number of rotatable bonds is 40. The maximum atomic E-state index is 6.36. The summed E-state index contributed by atoms with van der Waals surface area (Å²) in [4.78, 5) is 4.13. The van der Waals surface area contributed by atoms with Crippen molar-refractivity contribution in [1.29, 1.82) is 0 Å². The number of aryl methyl sites for hydroxylation is 1. The number of hydrogen-bond donors (Lipinski definition) is 1.